The summed E-state index contributed by atoms with van der Waals surface area (Å²) < 4.78 is 0. The van der Waals surface area contributed by atoms with E-state index in [0.717, 1.165) is 31.2 Å². The average molecular weight is 385 g/mol. The highest BCUT2D eigenvalue weighted by molar-refractivity contribution is 5.78. The monoisotopic (exact) mass is 384 g/mol. The van der Waals surface area contributed by atoms with Crippen molar-refractivity contribution in [2.75, 3.05) is 6.61 Å². The number of aliphatic hydroxyl groups excluding tert-OH is 1. The molecule has 3 heteroatoms. The van der Waals surface area contributed by atoms with E-state index >= 15 is 0 Å². The molecule has 2 atom stereocenters. The zero-order valence-electron chi connectivity index (χ0n) is 17.7. The second-order valence-corrected chi connectivity index (χ2v) is 9.13. The molecule has 2 N–H and O–H groups in total. The van der Waals surface area contributed by atoms with Crippen LogP contribution in [0.4, 0.5) is 0 Å². The summed E-state index contributed by atoms with van der Waals surface area (Å²) in [6.45, 7) is 6.29. The minimum absolute atomic E-state index is 0.0833. The average Bonchev–Trinajstić information content (AvgIpc) is 2.69. The molecule has 1 aliphatic rings. The van der Waals surface area contributed by atoms with Crippen molar-refractivity contribution in [2.45, 2.75) is 76.7 Å². The summed E-state index contributed by atoms with van der Waals surface area (Å²) in [6, 6.07) is 10.0. The van der Waals surface area contributed by atoms with E-state index in [1.165, 1.54) is 0 Å². The van der Waals surface area contributed by atoms with Crippen LogP contribution in [0.1, 0.15) is 71.3 Å². The number of ketones is 1. The first-order valence-corrected chi connectivity index (χ1v) is 10.5. The molecule has 3 nitrogen and oxygen atoms in total. The number of benzene rings is 1. The van der Waals surface area contributed by atoms with E-state index < -0.39 is 5.60 Å². The molecule has 0 aromatic heterocycles. The van der Waals surface area contributed by atoms with E-state index in [1.807, 2.05) is 54.6 Å². The Morgan fingerprint density at radius 2 is 1.68 bits per heavy atom. The van der Waals surface area contributed by atoms with Gasteiger partial charge in [-0.3, -0.25) is 4.79 Å². The van der Waals surface area contributed by atoms with E-state index in [0.29, 0.717) is 19.3 Å². The smallest absolute Gasteiger partial charge is 0.132 e. The topological polar surface area (TPSA) is 57.5 Å². The molecule has 2 unspecified atom stereocenters. The summed E-state index contributed by atoms with van der Waals surface area (Å²) >= 11 is 0. The van der Waals surface area contributed by atoms with Crippen molar-refractivity contribution in [3.05, 3.63) is 60.2 Å². The van der Waals surface area contributed by atoms with Gasteiger partial charge in [0.05, 0.1) is 12.2 Å². The van der Waals surface area contributed by atoms with E-state index in [1.54, 1.807) is 0 Å². The molecule has 0 radical (unpaired) electrons. The number of rotatable bonds is 11. The van der Waals surface area contributed by atoms with Crippen molar-refractivity contribution < 1.29 is 15.0 Å². The summed E-state index contributed by atoms with van der Waals surface area (Å²) in [6.07, 6.45) is 12.7. The van der Waals surface area contributed by atoms with Gasteiger partial charge in [-0.25, -0.2) is 0 Å². The quantitative estimate of drug-likeness (QED) is 0.557. The fourth-order valence-corrected chi connectivity index (χ4v) is 4.01. The molecule has 0 fully saturated rings. The second kappa shape index (κ2) is 9.67. The molecule has 154 valence electrons. The molecule has 0 amide bonds. The maximum Gasteiger partial charge on any atom is 0.132 e. The van der Waals surface area contributed by atoms with Crippen LogP contribution in [0, 0.1) is 5.41 Å². The van der Waals surface area contributed by atoms with E-state index in [9.17, 15) is 15.0 Å². The molecule has 0 spiro atoms. The largest absolute Gasteiger partial charge is 0.395 e. The van der Waals surface area contributed by atoms with E-state index in [2.05, 4.69) is 20.8 Å². The maximum absolute atomic E-state index is 12.3. The number of allylic oxidation sites excluding steroid dienone is 2. The molecule has 0 bridgehead atoms. The van der Waals surface area contributed by atoms with Gasteiger partial charge in [-0.05, 0) is 43.1 Å². The van der Waals surface area contributed by atoms with Crippen LogP contribution in [0.3, 0.4) is 0 Å². The van der Waals surface area contributed by atoms with Crippen LogP contribution in [-0.4, -0.2) is 28.2 Å². The Morgan fingerprint density at radius 3 is 2.25 bits per heavy atom. The van der Waals surface area contributed by atoms with Crippen molar-refractivity contribution in [2.24, 2.45) is 5.41 Å². The molecule has 1 aromatic carbocycles. The molecule has 0 heterocycles. The van der Waals surface area contributed by atoms with Crippen molar-refractivity contribution >= 4 is 5.78 Å². The highest BCUT2D eigenvalue weighted by Gasteiger charge is 2.40. The minimum atomic E-state index is -0.830. The van der Waals surface area contributed by atoms with Gasteiger partial charge in [0.2, 0.25) is 0 Å². The van der Waals surface area contributed by atoms with Crippen LogP contribution < -0.4 is 0 Å². The number of aliphatic hydroxyl groups is 2. The van der Waals surface area contributed by atoms with Gasteiger partial charge in [0.15, 0.2) is 0 Å². The van der Waals surface area contributed by atoms with Gasteiger partial charge < -0.3 is 10.2 Å². The number of carbonyl (C=O) groups is 1. The summed E-state index contributed by atoms with van der Waals surface area (Å²) in [7, 11) is 0. The van der Waals surface area contributed by atoms with Gasteiger partial charge in [0.25, 0.3) is 0 Å². The number of Topliss-reactive ketones (excluding diaryl/α,β-unsaturated/α-hetero) is 1. The molecule has 0 saturated carbocycles. The molecular weight excluding hydrogens is 348 g/mol. The Hall–Kier alpha value is -1.71. The van der Waals surface area contributed by atoms with Crippen molar-refractivity contribution in [1.29, 1.82) is 0 Å². The Morgan fingerprint density at radius 1 is 1.04 bits per heavy atom. The SMILES string of the molecule is CC(CO)(CCCC(=O)CCCC(C)(C)C1(O)C=CC=CC1)c1ccccc1. The summed E-state index contributed by atoms with van der Waals surface area (Å²) in [5.74, 6) is 0.273. The molecular formula is C25H36O3. The maximum atomic E-state index is 12.3. The van der Waals surface area contributed by atoms with Gasteiger partial charge in [0.1, 0.15) is 5.78 Å². The van der Waals surface area contributed by atoms with Gasteiger partial charge in [-0.1, -0.05) is 75.4 Å². The second-order valence-electron chi connectivity index (χ2n) is 9.13. The van der Waals surface area contributed by atoms with Crippen LogP contribution in [0.25, 0.3) is 0 Å². The fourth-order valence-electron chi connectivity index (χ4n) is 4.01. The first-order valence-electron chi connectivity index (χ1n) is 10.5. The molecule has 2 rings (SSSR count). The highest BCUT2D eigenvalue weighted by atomic mass is 16.3. The minimum Gasteiger partial charge on any atom is -0.395 e. The third kappa shape index (κ3) is 5.65. The van der Waals surface area contributed by atoms with E-state index in [4.69, 9.17) is 0 Å². The first-order chi connectivity index (χ1) is 13.2. The van der Waals surface area contributed by atoms with Gasteiger partial charge in [-0.15, -0.1) is 0 Å². The molecule has 28 heavy (non-hydrogen) atoms. The zero-order valence-corrected chi connectivity index (χ0v) is 17.7. The van der Waals surface area contributed by atoms with Gasteiger partial charge in [-0.2, -0.15) is 0 Å². The molecule has 1 aromatic rings. The lowest BCUT2D eigenvalue weighted by Gasteiger charge is -2.41. The normalized spacial score (nSPS) is 21.5. The first kappa shape index (κ1) is 22.6. The van der Waals surface area contributed by atoms with Crippen molar-refractivity contribution in [3.8, 4) is 0 Å². The molecule has 1 aliphatic carbocycles. The number of hydrogen-bond acceptors (Lipinski definition) is 3. The third-order valence-corrected chi connectivity index (χ3v) is 6.48. The molecule has 0 aliphatic heterocycles. The lowest BCUT2D eigenvalue weighted by Crippen LogP contribution is -2.43. The van der Waals surface area contributed by atoms with Crippen LogP contribution in [0.5, 0.6) is 0 Å². The van der Waals surface area contributed by atoms with E-state index in [-0.39, 0.29) is 23.2 Å². The zero-order chi connectivity index (χ0) is 20.7. The van der Waals surface area contributed by atoms with Crippen molar-refractivity contribution in [1.82, 2.24) is 0 Å². The standard InChI is InChI=1S/C25H36O3/c1-23(2,25(28)18-8-5-9-19-25)16-10-14-22(27)15-11-17-24(3,20-26)21-12-6-4-7-13-21/h4-9,12-13,18,26,28H,10-11,14-17,19-20H2,1-3H3. The van der Waals surface area contributed by atoms with Crippen LogP contribution >= 0.6 is 0 Å². The lowest BCUT2D eigenvalue weighted by molar-refractivity contribution is -0.119. The number of hydrogen-bond donors (Lipinski definition) is 2. The third-order valence-electron chi connectivity index (χ3n) is 6.48. The Labute approximate surface area is 170 Å². The fraction of sp³-hybridized carbons (Fsp3) is 0.560. The Balaban J connectivity index is 1.75. The Kier molecular flexibility index (Phi) is 7.79. The predicted molar refractivity (Wildman–Crippen MR) is 115 cm³/mol. The predicted octanol–water partition coefficient (Wildman–Crippen LogP) is 5.12. The summed E-state index contributed by atoms with van der Waals surface area (Å²) in [5, 5.41) is 20.7. The number of carbonyl (C=O) groups excluding carboxylic acids is 1. The Bertz CT molecular complexity index is 689. The van der Waals surface area contributed by atoms with Crippen LogP contribution in [0.2, 0.25) is 0 Å². The van der Waals surface area contributed by atoms with Crippen LogP contribution in [0.15, 0.2) is 54.6 Å². The summed E-state index contributed by atoms with van der Waals surface area (Å²) in [4.78, 5) is 12.3. The summed E-state index contributed by atoms with van der Waals surface area (Å²) in [5.41, 5.74) is -0.275. The lowest BCUT2D eigenvalue weighted by atomic mass is 9.68. The van der Waals surface area contributed by atoms with Crippen molar-refractivity contribution in [3.63, 3.8) is 0 Å². The van der Waals surface area contributed by atoms with Gasteiger partial charge >= 0.3 is 0 Å². The van der Waals surface area contributed by atoms with Gasteiger partial charge in [0, 0.05) is 18.3 Å². The molecule has 0 saturated heterocycles. The highest BCUT2D eigenvalue weighted by Crippen LogP contribution is 2.41. The van der Waals surface area contributed by atoms with Crippen LogP contribution in [-0.2, 0) is 10.2 Å².